The van der Waals surface area contributed by atoms with Crippen molar-refractivity contribution < 1.29 is 17.9 Å². The molecule has 0 atom stereocenters. The number of aromatic nitrogens is 2. The number of hydrogen-bond donors (Lipinski definition) is 2. The number of halogens is 1. The van der Waals surface area contributed by atoms with Gasteiger partial charge in [-0.15, -0.1) is 11.3 Å². The molecule has 0 aliphatic rings. The maximum Gasteiger partial charge on any atom is 0.178 e. The molecule has 148 valence electrons. The number of rotatable bonds is 5. The first kappa shape index (κ1) is 19.3. The van der Waals surface area contributed by atoms with Gasteiger partial charge >= 0.3 is 0 Å². The molecule has 2 aromatic carbocycles. The minimum atomic E-state index is -3.43. The van der Waals surface area contributed by atoms with E-state index in [1.54, 1.807) is 19.1 Å². The highest BCUT2D eigenvalue weighted by Crippen LogP contribution is 2.39. The topological polar surface area (TPSA) is 92.2 Å². The fourth-order valence-electron chi connectivity index (χ4n) is 2.91. The highest BCUT2D eigenvalue weighted by atomic mass is 32.2. The zero-order valence-corrected chi connectivity index (χ0v) is 16.9. The number of phenols is 1. The summed E-state index contributed by atoms with van der Waals surface area (Å²) in [6.45, 7) is 1.56. The summed E-state index contributed by atoms with van der Waals surface area (Å²) in [4.78, 5) is 9.37. The van der Waals surface area contributed by atoms with Gasteiger partial charge in [0.2, 0.25) is 0 Å². The lowest BCUT2D eigenvalue weighted by molar-refractivity contribution is 0.477. The van der Waals surface area contributed by atoms with Crippen molar-refractivity contribution in [2.75, 3.05) is 11.1 Å². The number of hydrogen-bond acceptors (Lipinski definition) is 7. The van der Waals surface area contributed by atoms with Gasteiger partial charge in [0, 0.05) is 10.9 Å². The molecule has 0 amide bonds. The molecule has 0 aliphatic carbocycles. The second-order valence-electron chi connectivity index (χ2n) is 6.27. The van der Waals surface area contributed by atoms with Crippen LogP contribution in [0.5, 0.6) is 5.75 Å². The molecule has 2 aromatic heterocycles. The van der Waals surface area contributed by atoms with E-state index in [0.29, 0.717) is 16.0 Å². The molecule has 6 nitrogen and oxygen atoms in total. The summed E-state index contributed by atoms with van der Waals surface area (Å²) in [6.07, 6.45) is 1.39. The predicted molar refractivity (Wildman–Crippen MR) is 112 cm³/mol. The van der Waals surface area contributed by atoms with Gasteiger partial charge in [-0.3, -0.25) is 0 Å². The molecule has 4 rings (SSSR count). The molecular formula is C20H16FN3O3S2. The average Bonchev–Trinajstić information content (AvgIpc) is 3.15. The highest BCUT2D eigenvalue weighted by Gasteiger charge is 2.17. The number of nitrogens with one attached hydrogen (secondary N) is 1. The third-order valence-electron chi connectivity index (χ3n) is 4.49. The molecule has 0 fully saturated rings. The Morgan fingerprint density at radius 3 is 2.62 bits per heavy atom. The van der Waals surface area contributed by atoms with Gasteiger partial charge in [0.05, 0.1) is 21.7 Å². The van der Waals surface area contributed by atoms with Crippen molar-refractivity contribution >= 4 is 42.9 Å². The van der Waals surface area contributed by atoms with Crippen LogP contribution in [0.15, 0.2) is 59.1 Å². The van der Waals surface area contributed by atoms with Crippen molar-refractivity contribution in [3.05, 3.63) is 60.0 Å². The van der Waals surface area contributed by atoms with Gasteiger partial charge in [-0.2, -0.15) is 0 Å². The van der Waals surface area contributed by atoms with Crippen molar-refractivity contribution in [3.63, 3.8) is 0 Å². The third kappa shape index (κ3) is 3.66. The molecule has 0 aliphatic heterocycles. The molecule has 4 aromatic rings. The summed E-state index contributed by atoms with van der Waals surface area (Å²) in [5.41, 5.74) is 1.82. The minimum absolute atomic E-state index is 0.0474. The summed E-state index contributed by atoms with van der Waals surface area (Å²) >= 11 is 1.41. The Labute approximate surface area is 170 Å². The van der Waals surface area contributed by atoms with E-state index < -0.39 is 9.84 Å². The van der Waals surface area contributed by atoms with Crippen LogP contribution in [-0.2, 0) is 9.84 Å². The number of aromatic hydroxyl groups is 1. The van der Waals surface area contributed by atoms with Gasteiger partial charge in [0.25, 0.3) is 0 Å². The molecule has 0 saturated heterocycles. The van der Waals surface area contributed by atoms with Crippen molar-refractivity contribution in [1.29, 1.82) is 0 Å². The van der Waals surface area contributed by atoms with Gasteiger partial charge in [-0.1, -0.05) is 19.1 Å². The lowest BCUT2D eigenvalue weighted by Crippen LogP contribution is -2.04. The molecule has 0 bridgehead atoms. The Bertz CT molecular complexity index is 1300. The Morgan fingerprint density at radius 2 is 1.90 bits per heavy atom. The first-order valence-electron chi connectivity index (χ1n) is 8.70. The number of nitrogens with zero attached hydrogens (tertiary/aromatic N) is 2. The third-order valence-corrected chi connectivity index (χ3v) is 7.10. The Kier molecular flexibility index (Phi) is 4.93. The van der Waals surface area contributed by atoms with Crippen molar-refractivity contribution in [3.8, 4) is 16.9 Å². The average molecular weight is 429 g/mol. The molecule has 0 saturated carbocycles. The zero-order chi connectivity index (χ0) is 20.6. The maximum atomic E-state index is 13.3. The van der Waals surface area contributed by atoms with E-state index in [9.17, 15) is 17.9 Å². The van der Waals surface area contributed by atoms with Crippen LogP contribution < -0.4 is 5.32 Å². The monoisotopic (exact) mass is 429 g/mol. The number of anilines is 2. The molecule has 2 N–H and O–H groups in total. The fourth-order valence-corrected chi connectivity index (χ4v) is 4.74. The minimum Gasteiger partial charge on any atom is -0.506 e. The van der Waals surface area contributed by atoms with Gasteiger partial charge in [-0.05, 0) is 35.9 Å². The second-order valence-corrected chi connectivity index (χ2v) is 9.40. The summed E-state index contributed by atoms with van der Waals surface area (Å²) in [5.74, 6) is -0.0714. The predicted octanol–water partition coefficient (Wildman–Crippen LogP) is 4.74. The van der Waals surface area contributed by atoms with E-state index in [-0.39, 0.29) is 27.9 Å². The lowest BCUT2D eigenvalue weighted by atomic mass is 10.1. The van der Waals surface area contributed by atoms with Crippen molar-refractivity contribution in [1.82, 2.24) is 9.97 Å². The zero-order valence-electron chi connectivity index (χ0n) is 15.3. The van der Waals surface area contributed by atoms with Crippen molar-refractivity contribution in [2.45, 2.75) is 11.8 Å². The molecule has 29 heavy (non-hydrogen) atoms. The second kappa shape index (κ2) is 7.41. The number of thiophene rings is 1. The summed E-state index contributed by atoms with van der Waals surface area (Å²) in [7, 11) is -3.43. The fraction of sp³-hybridized carbons (Fsp3) is 0.100. The van der Waals surface area contributed by atoms with Crippen LogP contribution in [0.4, 0.5) is 15.9 Å². The number of fused-ring (bicyclic) bond motifs is 1. The van der Waals surface area contributed by atoms with E-state index in [0.717, 1.165) is 11.1 Å². The quantitative estimate of drug-likeness (QED) is 0.445. The van der Waals surface area contributed by atoms with Gasteiger partial charge in [0.1, 0.15) is 28.5 Å². The summed E-state index contributed by atoms with van der Waals surface area (Å²) in [6, 6.07) is 10.2. The van der Waals surface area contributed by atoms with Crippen molar-refractivity contribution in [2.24, 2.45) is 0 Å². The molecule has 0 spiro atoms. The number of sulfone groups is 1. The normalized spacial score (nSPS) is 11.7. The molecular weight excluding hydrogens is 413 g/mol. The van der Waals surface area contributed by atoms with E-state index >= 15 is 0 Å². The van der Waals surface area contributed by atoms with Gasteiger partial charge < -0.3 is 10.4 Å². The number of benzene rings is 2. The van der Waals surface area contributed by atoms with Crippen LogP contribution in [0, 0.1) is 5.82 Å². The Hall–Kier alpha value is -3.04. The number of phenolic OH excluding ortho intramolecular Hbond substituents is 1. The highest BCUT2D eigenvalue weighted by molar-refractivity contribution is 7.91. The lowest BCUT2D eigenvalue weighted by Gasteiger charge is -2.11. The SMILES string of the molecule is CCS(=O)(=O)c1ccc(O)c(Nc2ncnc3scc(-c4ccc(F)cc4)c23)c1. The van der Waals surface area contributed by atoms with Gasteiger partial charge in [0.15, 0.2) is 9.84 Å². The van der Waals surface area contributed by atoms with Crippen LogP contribution in [0.3, 0.4) is 0 Å². The van der Waals surface area contributed by atoms with Crippen LogP contribution in [-0.4, -0.2) is 29.2 Å². The summed E-state index contributed by atoms with van der Waals surface area (Å²) < 4.78 is 37.7. The van der Waals surface area contributed by atoms with Crippen LogP contribution in [0.25, 0.3) is 21.3 Å². The summed E-state index contributed by atoms with van der Waals surface area (Å²) in [5, 5.41) is 15.9. The van der Waals surface area contributed by atoms with Crippen LogP contribution in [0.1, 0.15) is 6.92 Å². The van der Waals surface area contributed by atoms with Crippen LogP contribution >= 0.6 is 11.3 Å². The molecule has 0 radical (unpaired) electrons. The van der Waals surface area contributed by atoms with E-state index in [2.05, 4.69) is 15.3 Å². The molecule has 9 heteroatoms. The molecule has 2 heterocycles. The smallest absolute Gasteiger partial charge is 0.178 e. The standard InChI is InChI=1S/C20H16FN3O3S2/c1-2-29(26,27)14-7-8-17(25)16(9-14)24-19-18-15(10-28-20(18)23-11-22-19)12-3-5-13(21)6-4-12/h3-11,25H,2H2,1H3,(H,22,23,24). The Morgan fingerprint density at radius 1 is 1.14 bits per heavy atom. The van der Waals surface area contributed by atoms with E-state index in [4.69, 9.17) is 0 Å². The van der Waals surface area contributed by atoms with Gasteiger partial charge in [-0.25, -0.2) is 22.8 Å². The maximum absolute atomic E-state index is 13.3. The van der Waals surface area contributed by atoms with E-state index in [1.807, 2.05) is 5.38 Å². The molecule has 0 unspecified atom stereocenters. The Balaban J connectivity index is 1.83. The van der Waals surface area contributed by atoms with E-state index in [1.165, 1.54) is 48.0 Å². The first-order valence-corrected chi connectivity index (χ1v) is 11.2. The largest absolute Gasteiger partial charge is 0.506 e. The first-order chi connectivity index (χ1) is 13.9. The van der Waals surface area contributed by atoms with Crippen LogP contribution in [0.2, 0.25) is 0 Å².